The first-order valence-electron chi connectivity index (χ1n) is 11.2. The summed E-state index contributed by atoms with van der Waals surface area (Å²) in [6.45, 7) is 7.48. The summed E-state index contributed by atoms with van der Waals surface area (Å²) < 4.78 is 11.4. The Balaban J connectivity index is 1.36. The summed E-state index contributed by atoms with van der Waals surface area (Å²) >= 11 is 0. The first-order valence-corrected chi connectivity index (χ1v) is 11.2. The Morgan fingerprint density at radius 1 is 1.03 bits per heavy atom. The Hall–Kier alpha value is -2.07. The minimum atomic E-state index is -0.0251. The molecule has 1 saturated heterocycles. The molecule has 1 aliphatic carbocycles. The van der Waals surface area contributed by atoms with Crippen LogP contribution in [0, 0.1) is 11.8 Å². The second-order valence-electron chi connectivity index (χ2n) is 8.71. The molecule has 29 heavy (non-hydrogen) atoms. The van der Waals surface area contributed by atoms with Crippen molar-refractivity contribution in [1.29, 1.82) is 0 Å². The topological polar surface area (TPSA) is 38.8 Å². The van der Waals surface area contributed by atoms with Crippen LogP contribution in [0.5, 0.6) is 5.75 Å². The number of rotatable bonds is 6. The van der Waals surface area contributed by atoms with Crippen LogP contribution < -0.4 is 4.74 Å². The van der Waals surface area contributed by atoms with Gasteiger partial charge < -0.3 is 9.47 Å². The van der Waals surface area contributed by atoms with Gasteiger partial charge in [0, 0.05) is 6.54 Å². The molecule has 2 aliphatic rings. The fraction of sp³-hybridized carbons (Fsp3) is 0.560. The molecule has 1 heterocycles. The summed E-state index contributed by atoms with van der Waals surface area (Å²) in [5.41, 5.74) is 1.32. The minimum Gasteiger partial charge on any atom is -0.490 e. The maximum atomic E-state index is 11.9. The summed E-state index contributed by atoms with van der Waals surface area (Å²) in [5.74, 6) is 1.69. The molecule has 1 saturated carbocycles. The zero-order valence-electron chi connectivity index (χ0n) is 17.7. The SMILES string of the molecule is CCOC(=O)C1CCN(Cc2ccc3cc(OC4CCCC4C)ccc3c2)CC1. The highest BCUT2D eigenvalue weighted by molar-refractivity contribution is 5.84. The number of hydrogen-bond acceptors (Lipinski definition) is 4. The Morgan fingerprint density at radius 3 is 2.52 bits per heavy atom. The molecule has 2 aromatic rings. The van der Waals surface area contributed by atoms with Crippen molar-refractivity contribution in [3.63, 3.8) is 0 Å². The molecule has 2 unspecified atom stereocenters. The van der Waals surface area contributed by atoms with E-state index in [1.165, 1.54) is 35.6 Å². The van der Waals surface area contributed by atoms with Crippen molar-refractivity contribution in [2.75, 3.05) is 19.7 Å². The van der Waals surface area contributed by atoms with Gasteiger partial charge in [0.15, 0.2) is 0 Å². The van der Waals surface area contributed by atoms with E-state index >= 15 is 0 Å². The fourth-order valence-electron chi connectivity index (χ4n) is 4.75. The van der Waals surface area contributed by atoms with Crippen LogP contribution in [0.25, 0.3) is 10.8 Å². The highest BCUT2D eigenvalue weighted by atomic mass is 16.5. The van der Waals surface area contributed by atoms with E-state index in [4.69, 9.17) is 9.47 Å². The molecule has 0 spiro atoms. The molecule has 4 rings (SSSR count). The summed E-state index contributed by atoms with van der Waals surface area (Å²) in [6, 6.07) is 13.2. The first kappa shape index (κ1) is 20.2. The molecule has 2 fully saturated rings. The lowest BCUT2D eigenvalue weighted by molar-refractivity contribution is -0.149. The van der Waals surface area contributed by atoms with Crippen LogP contribution in [0.3, 0.4) is 0 Å². The van der Waals surface area contributed by atoms with Gasteiger partial charge in [0.1, 0.15) is 11.9 Å². The second kappa shape index (κ2) is 9.17. The van der Waals surface area contributed by atoms with Gasteiger partial charge in [-0.1, -0.05) is 25.1 Å². The van der Waals surface area contributed by atoms with Crippen LogP contribution in [0.15, 0.2) is 36.4 Å². The molecule has 4 nitrogen and oxygen atoms in total. The standard InChI is InChI=1S/C25H33NO3/c1-3-28-25(27)20-11-13-26(14-12-20)17-19-7-8-22-16-23(10-9-21(22)15-19)29-24-6-4-5-18(24)2/h7-10,15-16,18,20,24H,3-6,11-14,17H2,1-2H3. The monoisotopic (exact) mass is 395 g/mol. The van der Waals surface area contributed by atoms with E-state index in [-0.39, 0.29) is 11.9 Å². The van der Waals surface area contributed by atoms with Gasteiger partial charge in [0.25, 0.3) is 0 Å². The number of fused-ring (bicyclic) bond motifs is 1. The van der Waals surface area contributed by atoms with Crippen molar-refractivity contribution in [2.24, 2.45) is 11.8 Å². The molecule has 2 aromatic carbocycles. The number of nitrogens with zero attached hydrogens (tertiary/aromatic N) is 1. The van der Waals surface area contributed by atoms with E-state index in [1.807, 2.05) is 6.92 Å². The van der Waals surface area contributed by atoms with Gasteiger partial charge in [-0.05, 0) is 92.6 Å². The van der Waals surface area contributed by atoms with Crippen molar-refractivity contribution in [2.45, 2.75) is 58.6 Å². The Kier molecular flexibility index (Phi) is 6.39. The molecular weight excluding hydrogens is 362 g/mol. The van der Waals surface area contributed by atoms with Crippen molar-refractivity contribution in [1.82, 2.24) is 4.90 Å². The quantitative estimate of drug-likeness (QED) is 0.632. The molecular formula is C25H33NO3. The fourth-order valence-corrected chi connectivity index (χ4v) is 4.75. The third kappa shape index (κ3) is 4.92. The lowest BCUT2D eigenvalue weighted by Crippen LogP contribution is -2.36. The average Bonchev–Trinajstić information content (AvgIpc) is 3.13. The molecule has 0 amide bonds. The van der Waals surface area contributed by atoms with Crippen LogP contribution in [-0.4, -0.2) is 36.7 Å². The van der Waals surface area contributed by atoms with E-state index in [0.717, 1.165) is 38.2 Å². The third-order valence-electron chi connectivity index (χ3n) is 6.56. The third-order valence-corrected chi connectivity index (χ3v) is 6.56. The molecule has 0 bridgehead atoms. The molecule has 4 heteroatoms. The largest absolute Gasteiger partial charge is 0.490 e. The molecule has 0 N–H and O–H groups in total. The number of ether oxygens (including phenoxy) is 2. The predicted molar refractivity (Wildman–Crippen MR) is 116 cm³/mol. The molecule has 1 aliphatic heterocycles. The van der Waals surface area contributed by atoms with Gasteiger partial charge in [-0.15, -0.1) is 0 Å². The van der Waals surface area contributed by atoms with Crippen molar-refractivity contribution >= 4 is 16.7 Å². The smallest absolute Gasteiger partial charge is 0.309 e. The highest BCUT2D eigenvalue weighted by Crippen LogP contribution is 2.31. The van der Waals surface area contributed by atoms with Crippen molar-refractivity contribution in [3.05, 3.63) is 42.0 Å². The van der Waals surface area contributed by atoms with Crippen LogP contribution >= 0.6 is 0 Å². The average molecular weight is 396 g/mol. The van der Waals surface area contributed by atoms with Crippen LogP contribution in [0.4, 0.5) is 0 Å². The number of likely N-dealkylation sites (tertiary alicyclic amines) is 1. The number of carbonyl (C=O) groups is 1. The minimum absolute atomic E-state index is 0.0251. The maximum Gasteiger partial charge on any atom is 0.309 e. The number of carbonyl (C=O) groups excluding carboxylic acids is 1. The van der Waals surface area contributed by atoms with Crippen molar-refractivity contribution in [3.8, 4) is 5.75 Å². The van der Waals surface area contributed by atoms with E-state index in [0.29, 0.717) is 18.6 Å². The van der Waals surface area contributed by atoms with Gasteiger partial charge in [0.2, 0.25) is 0 Å². The summed E-state index contributed by atoms with van der Waals surface area (Å²) in [6.07, 6.45) is 5.88. The number of hydrogen-bond donors (Lipinski definition) is 0. The Labute approximate surface area is 174 Å². The molecule has 2 atom stereocenters. The number of piperidine rings is 1. The van der Waals surface area contributed by atoms with Gasteiger partial charge >= 0.3 is 5.97 Å². The number of esters is 1. The normalized spacial score (nSPS) is 23.4. The predicted octanol–water partition coefficient (Wildman–Crippen LogP) is 5.18. The van der Waals surface area contributed by atoms with Gasteiger partial charge in [-0.2, -0.15) is 0 Å². The number of benzene rings is 2. The summed E-state index contributed by atoms with van der Waals surface area (Å²) in [4.78, 5) is 14.4. The van der Waals surface area contributed by atoms with Gasteiger partial charge in [-0.25, -0.2) is 0 Å². The Bertz CT molecular complexity index is 841. The zero-order valence-corrected chi connectivity index (χ0v) is 17.7. The lowest BCUT2D eigenvalue weighted by atomic mass is 9.96. The molecule has 0 aromatic heterocycles. The van der Waals surface area contributed by atoms with E-state index in [9.17, 15) is 4.79 Å². The van der Waals surface area contributed by atoms with E-state index in [2.05, 4.69) is 48.2 Å². The Morgan fingerprint density at radius 2 is 1.79 bits per heavy atom. The maximum absolute atomic E-state index is 11.9. The van der Waals surface area contributed by atoms with Crippen LogP contribution in [-0.2, 0) is 16.1 Å². The van der Waals surface area contributed by atoms with Crippen LogP contribution in [0.1, 0.15) is 51.5 Å². The molecule has 156 valence electrons. The highest BCUT2D eigenvalue weighted by Gasteiger charge is 2.26. The van der Waals surface area contributed by atoms with Gasteiger partial charge in [0.05, 0.1) is 12.5 Å². The first-order chi connectivity index (χ1) is 14.1. The van der Waals surface area contributed by atoms with Gasteiger partial charge in [-0.3, -0.25) is 9.69 Å². The van der Waals surface area contributed by atoms with Crippen LogP contribution in [0.2, 0.25) is 0 Å². The lowest BCUT2D eigenvalue weighted by Gasteiger charge is -2.30. The van der Waals surface area contributed by atoms with E-state index in [1.54, 1.807) is 0 Å². The summed E-state index contributed by atoms with van der Waals surface area (Å²) in [5, 5.41) is 2.49. The summed E-state index contributed by atoms with van der Waals surface area (Å²) in [7, 11) is 0. The second-order valence-corrected chi connectivity index (χ2v) is 8.71. The van der Waals surface area contributed by atoms with E-state index < -0.39 is 0 Å². The van der Waals surface area contributed by atoms with Crippen molar-refractivity contribution < 1.29 is 14.3 Å². The zero-order chi connectivity index (χ0) is 20.2. The molecule has 0 radical (unpaired) electrons.